The molecule has 0 saturated heterocycles. The molecule has 1 aromatic rings. The largest absolute Gasteiger partial charge is 0.291 e. The van der Waals surface area contributed by atoms with Crippen LogP contribution in [-0.2, 0) is 0 Å². The highest BCUT2D eigenvalue weighted by atomic mass is 14.8. The summed E-state index contributed by atoms with van der Waals surface area (Å²) < 4.78 is 0. The Morgan fingerprint density at radius 3 is 2.69 bits per heavy atom. The monoisotopic (exact) mass is 172 g/mol. The van der Waals surface area contributed by atoms with Crippen LogP contribution in [0.3, 0.4) is 0 Å². The summed E-state index contributed by atoms with van der Waals surface area (Å²) in [6, 6.07) is 10.1. The molecule has 0 aromatic heterocycles. The molecule has 0 atom stereocenters. The van der Waals surface area contributed by atoms with E-state index in [0.29, 0.717) is 0 Å². The maximum absolute atomic E-state index is 4.52. The highest BCUT2D eigenvalue weighted by Gasteiger charge is 2.01. The highest BCUT2D eigenvalue weighted by molar-refractivity contribution is 5.92. The lowest BCUT2D eigenvalue weighted by Crippen LogP contribution is -2.07. The highest BCUT2D eigenvalue weighted by Crippen LogP contribution is 2.12. The topological polar surface area (TPSA) is 24.7 Å². The third-order valence-corrected chi connectivity index (χ3v) is 2.01. The standard InChI is InChI=1S/C11H12N2/c1-2-5-10(6-3-1)13-11-7-4-8-12-9-11/h1-3,5-6,8H,4,7,9H2. The molecular formula is C11H12N2. The van der Waals surface area contributed by atoms with Gasteiger partial charge in [-0.1, -0.05) is 18.2 Å². The second kappa shape index (κ2) is 3.99. The van der Waals surface area contributed by atoms with Crippen LogP contribution < -0.4 is 0 Å². The second-order valence-electron chi connectivity index (χ2n) is 3.08. The number of nitrogens with zero attached hydrogens (tertiary/aromatic N) is 2. The fraction of sp³-hybridized carbons (Fsp3) is 0.273. The molecule has 2 rings (SSSR count). The zero-order valence-electron chi connectivity index (χ0n) is 7.48. The van der Waals surface area contributed by atoms with Crippen LogP contribution in [0, 0.1) is 0 Å². The summed E-state index contributed by atoms with van der Waals surface area (Å²) in [7, 11) is 0. The Bertz CT molecular complexity index is 325. The van der Waals surface area contributed by atoms with E-state index in [9.17, 15) is 0 Å². The molecule has 2 nitrogen and oxygen atoms in total. The molecule has 0 spiro atoms. The minimum Gasteiger partial charge on any atom is -0.291 e. The van der Waals surface area contributed by atoms with Crippen molar-refractivity contribution < 1.29 is 0 Å². The zero-order valence-corrected chi connectivity index (χ0v) is 7.48. The molecule has 0 radical (unpaired) electrons. The van der Waals surface area contributed by atoms with Gasteiger partial charge in [-0.05, 0) is 31.2 Å². The van der Waals surface area contributed by atoms with Crippen molar-refractivity contribution in [2.75, 3.05) is 6.54 Å². The van der Waals surface area contributed by atoms with Gasteiger partial charge in [0.2, 0.25) is 0 Å². The molecule has 0 amide bonds. The minimum atomic E-state index is 0.773. The first-order chi connectivity index (χ1) is 6.45. The first-order valence-electron chi connectivity index (χ1n) is 4.55. The summed E-state index contributed by atoms with van der Waals surface area (Å²) >= 11 is 0. The van der Waals surface area contributed by atoms with E-state index in [1.54, 1.807) is 0 Å². The van der Waals surface area contributed by atoms with Gasteiger partial charge in [-0.25, -0.2) is 0 Å². The smallest absolute Gasteiger partial charge is 0.0768 e. The van der Waals surface area contributed by atoms with Crippen molar-refractivity contribution in [3.05, 3.63) is 30.3 Å². The average molecular weight is 172 g/mol. The summed E-state index contributed by atoms with van der Waals surface area (Å²) in [5.41, 5.74) is 2.23. The Balaban J connectivity index is 2.16. The fourth-order valence-electron chi connectivity index (χ4n) is 1.35. The molecule has 0 aliphatic carbocycles. The van der Waals surface area contributed by atoms with E-state index in [1.165, 1.54) is 5.71 Å². The molecule has 66 valence electrons. The van der Waals surface area contributed by atoms with Gasteiger partial charge >= 0.3 is 0 Å². The predicted molar refractivity (Wildman–Crippen MR) is 56.1 cm³/mol. The van der Waals surface area contributed by atoms with Crippen LogP contribution in [-0.4, -0.2) is 18.5 Å². The molecule has 0 saturated carbocycles. The maximum atomic E-state index is 4.52. The van der Waals surface area contributed by atoms with Crippen molar-refractivity contribution in [3.63, 3.8) is 0 Å². The molecule has 1 aliphatic heterocycles. The lowest BCUT2D eigenvalue weighted by Gasteiger charge is -2.06. The lowest BCUT2D eigenvalue weighted by molar-refractivity contribution is 1.06. The first kappa shape index (κ1) is 8.17. The number of aliphatic imine (C=N–C) groups is 2. The quantitative estimate of drug-likeness (QED) is 0.622. The molecule has 13 heavy (non-hydrogen) atoms. The average Bonchev–Trinajstić information content (AvgIpc) is 2.21. The molecule has 1 aromatic carbocycles. The molecule has 1 aliphatic rings. The van der Waals surface area contributed by atoms with Gasteiger partial charge in [0.25, 0.3) is 0 Å². The molecule has 0 bridgehead atoms. The van der Waals surface area contributed by atoms with Crippen LogP contribution in [0.25, 0.3) is 0 Å². The van der Waals surface area contributed by atoms with Crippen molar-refractivity contribution in [1.82, 2.24) is 0 Å². The van der Waals surface area contributed by atoms with Gasteiger partial charge in [0, 0.05) is 5.71 Å². The summed E-state index contributed by atoms with van der Waals surface area (Å²) in [5.74, 6) is 0. The summed E-state index contributed by atoms with van der Waals surface area (Å²) in [5, 5.41) is 0. The number of hydrogen-bond donors (Lipinski definition) is 0. The summed E-state index contributed by atoms with van der Waals surface area (Å²) in [6.07, 6.45) is 4.06. The molecule has 0 unspecified atom stereocenters. The van der Waals surface area contributed by atoms with E-state index in [0.717, 1.165) is 25.1 Å². The summed E-state index contributed by atoms with van der Waals surface area (Å²) in [4.78, 5) is 8.72. The van der Waals surface area contributed by atoms with E-state index < -0.39 is 0 Å². The van der Waals surface area contributed by atoms with E-state index in [1.807, 2.05) is 36.5 Å². The molecule has 1 heterocycles. The van der Waals surface area contributed by atoms with E-state index in [4.69, 9.17) is 0 Å². The van der Waals surface area contributed by atoms with Crippen LogP contribution in [0.5, 0.6) is 0 Å². The third kappa shape index (κ3) is 2.25. The normalized spacial score (nSPS) is 19.2. The Labute approximate surface area is 78.0 Å². The van der Waals surface area contributed by atoms with Crippen LogP contribution in [0.4, 0.5) is 5.69 Å². The molecule has 0 N–H and O–H groups in total. The van der Waals surface area contributed by atoms with Crippen LogP contribution in [0.15, 0.2) is 40.3 Å². The van der Waals surface area contributed by atoms with Gasteiger partial charge in [0.05, 0.1) is 12.2 Å². The number of hydrogen-bond acceptors (Lipinski definition) is 2. The minimum absolute atomic E-state index is 0.773. The van der Waals surface area contributed by atoms with Crippen molar-refractivity contribution in [1.29, 1.82) is 0 Å². The molecule has 2 heteroatoms. The van der Waals surface area contributed by atoms with Gasteiger partial charge in [0.1, 0.15) is 0 Å². The van der Waals surface area contributed by atoms with Gasteiger partial charge in [0.15, 0.2) is 0 Å². The van der Waals surface area contributed by atoms with E-state index in [-0.39, 0.29) is 0 Å². The van der Waals surface area contributed by atoms with Crippen LogP contribution in [0.1, 0.15) is 12.8 Å². The lowest BCUT2D eigenvalue weighted by atomic mass is 10.2. The van der Waals surface area contributed by atoms with E-state index in [2.05, 4.69) is 9.98 Å². The second-order valence-corrected chi connectivity index (χ2v) is 3.08. The Kier molecular flexibility index (Phi) is 2.51. The Morgan fingerprint density at radius 1 is 1.15 bits per heavy atom. The maximum Gasteiger partial charge on any atom is 0.0768 e. The SMILES string of the molecule is C1=NCC(=Nc2ccccc2)CC1. The van der Waals surface area contributed by atoms with Crippen molar-refractivity contribution in [2.24, 2.45) is 9.98 Å². The van der Waals surface area contributed by atoms with Crippen LogP contribution in [0.2, 0.25) is 0 Å². The fourth-order valence-corrected chi connectivity index (χ4v) is 1.35. The van der Waals surface area contributed by atoms with Crippen molar-refractivity contribution in [3.8, 4) is 0 Å². The molecular weight excluding hydrogens is 160 g/mol. The summed E-state index contributed by atoms with van der Waals surface area (Å²) in [6.45, 7) is 0.773. The van der Waals surface area contributed by atoms with Gasteiger partial charge in [-0.2, -0.15) is 0 Å². The van der Waals surface area contributed by atoms with Crippen molar-refractivity contribution >= 4 is 17.6 Å². The first-order valence-corrected chi connectivity index (χ1v) is 4.55. The zero-order chi connectivity index (χ0) is 8.93. The Hall–Kier alpha value is -1.44. The number of para-hydroxylation sites is 1. The Morgan fingerprint density at radius 2 is 2.00 bits per heavy atom. The van der Waals surface area contributed by atoms with Gasteiger partial charge in [-0.3, -0.25) is 9.98 Å². The number of rotatable bonds is 1. The van der Waals surface area contributed by atoms with Gasteiger partial charge < -0.3 is 0 Å². The van der Waals surface area contributed by atoms with Gasteiger partial charge in [-0.15, -0.1) is 0 Å². The molecule has 0 fully saturated rings. The van der Waals surface area contributed by atoms with E-state index >= 15 is 0 Å². The van der Waals surface area contributed by atoms with Crippen LogP contribution >= 0.6 is 0 Å². The van der Waals surface area contributed by atoms with Crippen molar-refractivity contribution in [2.45, 2.75) is 12.8 Å². The predicted octanol–water partition coefficient (Wildman–Crippen LogP) is 2.62. The third-order valence-electron chi connectivity index (χ3n) is 2.01. The number of benzene rings is 1.